The molecule has 0 radical (unpaired) electrons. The van der Waals surface area contributed by atoms with Gasteiger partial charge in [0.2, 0.25) is 5.92 Å². The van der Waals surface area contributed by atoms with Crippen LogP contribution in [0.25, 0.3) is 0 Å². The number of alkyl halides is 2. The Balaban J connectivity index is 2.16. The molecule has 1 atom stereocenters. The summed E-state index contributed by atoms with van der Waals surface area (Å²) in [6.45, 7) is 4.83. The second-order valence-electron chi connectivity index (χ2n) is 5.74. The smallest absolute Gasteiger partial charge is 0.248 e. The molecule has 1 aliphatic rings. The van der Waals surface area contributed by atoms with Gasteiger partial charge in [-0.25, -0.2) is 8.78 Å². The lowest BCUT2D eigenvalue weighted by molar-refractivity contribution is -0.0497. The van der Waals surface area contributed by atoms with Crippen LogP contribution in [0.4, 0.5) is 8.78 Å². The number of rotatable bonds is 4. The zero-order valence-corrected chi connectivity index (χ0v) is 12.8. The Hall–Kier alpha value is -0.670. The van der Waals surface area contributed by atoms with Crippen LogP contribution in [-0.4, -0.2) is 12.5 Å². The second-order valence-corrected chi connectivity index (χ2v) is 6.14. The minimum atomic E-state index is -2.47. The Morgan fingerprint density at radius 1 is 1.35 bits per heavy atom. The van der Waals surface area contributed by atoms with Gasteiger partial charge in [-0.3, -0.25) is 0 Å². The normalized spacial score (nSPS) is 20.9. The van der Waals surface area contributed by atoms with E-state index < -0.39 is 5.92 Å². The van der Waals surface area contributed by atoms with Gasteiger partial charge in [0.1, 0.15) is 0 Å². The first-order valence-corrected chi connectivity index (χ1v) is 7.68. The van der Waals surface area contributed by atoms with Crippen LogP contribution in [-0.2, 0) is 0 Å². The Labute approximate surface area is 124 Å². The van der Waals surface area contributed by atoms with E-state index in [0.29, 0.717) is 12.8 Å². The van der Waals surface area contributed by atoms with Gasteiger partial charge in [0.25, 0.3) is 0 Å². The number of halogens is 3. The maximum atomic E-state index is 13.3. The van der Waals surface area contributed by atoms with Gasteiger partial charge in [0.05, 0.1) is 0 Å². The number of benzene rings is 1. The molecule has 2 rings (SSSR count). The van der Waals surface area contributed by atoms with E-state index in [-0.39, 0.29) is 24.8 Å². The third-order valence-electron chi connectivity index (χ3n) is 4.21. The van der Waals surface area contributed by atoms with Crippen LogP contribution in [0.2, 0.25) is 5.02 Å². The first kappa shape index (κ1) is 15.7. The molecule has 4 heteroatoms. The van der Waals surface area contributed by atoms with Crippen LogP contribution in [0.1, 0.15) is 49.8 Å². The lowest BCUT2D eigenvalue weighted by atomic mass is 9.79. The lowest BCUT2D eigenvalue weighted by Crippen LogP contribution is -2.34. The molecule has 0 amide bonds. The van der Waals surface area contributed by atoms with Gasteiger partial charge in [-0.2, -0.15) is 0 Å². The van der Waals surface area contributed by atoms with Crippen LogP contribution in [0.15, 0.2) is 18.2 Å². The molecule has 112 valence electrons. The standard InChI is InChI=1S/C16H22ClF2N/c1-3-20-15(12-6-8-16(18,19)9-7-12)13-5-4-11(2)14(17)10-13/h4-5,10,12,15,20H,3,6-9H2,1-2H3. The van der Waals surface area contributed by atoms with E-state index in [0.717, 1.165) is 22.7 Å². The van der Waals surface area contributed by atoms with Gasteiger partial charge in [-0.15, -0.1) is 0 Å². The van der Waals surface area contributed by atoms with Crippen molar-refractivity contribution < 1.29 is 8.78 Å². The highest BCUT2D eigenvalue weighted by Gasteiger charge is 2.37. The molecule has 0 heterocycles. The van der Waals surface area contributed by atoms with Gasteiger partial charge >= 0.3 is 0 Å². The summed E-state index contributed by atoms with van der Waals surface area (Å²) in [4.78, 5) is 0. The fraction of sp³-hybridized carbons (Fsp3) is 0.625. The highest BCUT2D eigenvalue weighted by molar-refractivity contribution is 6.31. The molecule has 20 heavy (non-hydrogen) atoms. The van der Waals surface area contributed by atoms with E-state index in [2.05, 4.69) is 11.4 Å². The average molecular weight is 302 g/mol. The summed E-state index contributed by atoms with van der Waals surface area (Å²) in [6, 6.07) is 6.15. The molecule has 1 aromatic rings. The molecule has 1 aromatic carbocycles. The summed E-state index contributed by atoms with van der Waals surface area (Å²) >= 11 is 6.19. The monoisotopic (exact) mass is 301 g/mol. The van der Waals surface area contributed by atoms with Gasteiger partial charge in [-0.05, 0) is 49.4 Å². The Morgan fingerprint density at radius 2 is 2.00 bits per heavy atom. The van der Waals surface area contributed by atoms with Crippen LogP contribution in [0.3, 0.4) is 0 Å². The molecule has 0 aromatic heterocycles. The molecule has 0 bridgehead atoms. The quantitative estimate of drug-likeness (QED) is 0.813. The lowest BCUT2D eigenvalue weighted by Gasteiger charge is -2.34. The van der Waals surface area contributed by atoms with Crippen molar-refractivity contribution in [2.45, 2.75) is 51.5 Å². The van der Waals surface area contributed by atoms with E-state index in [9.17, 15) is 8.78 Å². The predicted molar refractivity (Wildman–Crippen MR) is 79.5 cm³/mol. The topological polar surface area (TPSA) is 12.0 Å². The highest BCUT2D eigenvalue weighted by atomic mass is 35.5. The maximum Gasteiger partial charge on any atom is 0.248 e. The first-order chi connectivity index (χ1) is 9.43. The molecule has 1 N–H and O–H groups in total. The maximum absolute atomic E-state index is 13.3. The first-order valence-electron chi connectivity index (χ1n) is 7.30. The van der Waals surface area contributed by atoms with Crippen molar-refractivity contribution in [2.75, 3.05) is 6.54 Å². The van der Waals surface area contributed by atoms with Gasteiger partial charge in [0, 0.05) is 23.9 Å². The molecule has 1 nitrogen and oxygen atoms in total. The minimum Gasteiger partial charge on any atom is -0.310 e. The van der Waals surface area contributed by atoms with Crippen LogP contribution in [0.5, 0.6) is 0 Å². The fourth-order valence-corrected chi connectivity index (χ4v) is 3.16. The SMILES string of the molecule is CCNC(c1ccc(C)c(Cl)c1)C1CCC(F)(F)CC1. The van der Waals surface area contributed by atoms with Crippen molar-refractivity contribution in [3.63, 3.8) is 0 Å². The zero-order valence-electron chi connectivity index (χ0n) is 12.1. The van der Waals surface area contributed by atoms with Crippen molar-refractivity contribution >= 4 is 11.6 Å². The molecule has 1 saturated carbocycles. The molecular weight excluding hydrogens is 280 g/mol. The van der Waals surface area contributed by atoms with E-state index in [1.54, 1.807) is 0 Å². The zero-order chi connectivity index (χ0) is 14.8. The highest BCUT2D eigenvalue weighted by Crippen LogP contribution is 2.41. The van der Waals surface area contributed by atoms with Crippen molar-refractivity contribution in [2.24, 2.45) is 5.92 Å². The Kier molecular flexibility index (Phi) is 5.03. The summed E-state index contributed by atoms with van der Waals surface area (Å²) in [5, 5.41) is 4.18. The molecule has 1 fully saturated rings. The Morgan fingerprint density at radius 3 is 2.55 bits per heavy atom. The van der Waals surface area contributed by atoms with Crippen molar-refractivity contribution in [1.82, 2.24) is 5.32 Å². The molecular formula is C16H22ClF2N. The average Bonchev–Trinajstić information content (AvgIpc) is 2.40. The third kappa shape index (κ3) is 3.70. The van der Waals surface area contributed by atoms with E-state index in [1.807, 2.05) is 26.0 Å². The summed E-state index contributed by atoms with van der Waals surface area (Å²) in [5.41, 5.74) is 2.15. The third-order valence-corrected chi connectivity index (χ3v) is 4.62. The van der Waals surface area contributed by atoms with Gasteiger partial charge in [-0.1, -0.05) is 30.7 Å². The summed E-state index contributed by atoms with van der Waals surface area (Å²) in [7, 11) is 0. The summed E-state index contributed by atoms with van der Waals surface area (Å²) in [5.74, 6) is -2.22. The largest absolute Gasteiger partial charge is 0.310 e. The Bertz CT molecular complexity index is 452. The van der Waals surface area contributed by atoms with E-state index in [1.165, 1.54) is 0 Å². The van der Waals surface area contributed by atoms with Crippen LogP contribution < -0.4 is 5.32 Å². The molecule has 1 aliphatic carbocycles. The molecule has 0 saturated heterocycles. The van der Waals surface area contributed by atoms with Crippen LogP contribution >= 0.6 is 11.6 Å². The van der Waals surface area contributed by atoms with Crippen LogP contribution in [0, 0.1) is 12.8 Å². The molecule has 0 spiro atoms. The van der Waals surface area contributed by atoms with E-state index in [4.69, 9.17) is 11.6 Å². The second kappa shape index (κ2) is 6.40. The summed E-state index contributed by atoms with van der Waals surface area (Å²) in [6.07, 6.45) is 1.13. The number of nitrogens with one attached hydrogen (secondary N) is 1. The fourth-order valence-electron chi connectivity index (χ4n) is 2.97. The molecule has 0 aliphatic heterocycles. The summed E-state index contributed by atoms with van der Waals surface area (Å²) < 4.78 is 26.6. The van der Waals surface area contributed by atoms with Gasteiger partial charge < -0.3 is 5.32 Å². The predicted octanol–water partition coefficient (Wildman–Crippen LogP) is 5.12. The number of hydrogen-bond donors (Lipinski definition) is 1. The van der Waals surface area contributed by atoms with Gasteiger partial charge in [0.15, 0.2) is 0 Å². The van der Waals surface area contributed by atoms with E-state index >= 15 is 0 Å². The minimum absolute atomic E-state index is 0.000839. The number of aryl methyl sites for hydroxylation is 1. The van der Waals surface area contributed by atoms with Crippen molar-refractivity contribution in [3.05, 3.63) is 34.3 Å². The van der Waals surface area contributed by atoms with Crippen molar-refractivity contribution in [3.8, 4) is 0 Å². The number of hydrogen-bond acceptors (Lipinski definition) is 1. The molecule has 1 unspecified atom stereocenters. The van der Waals surface area contributed by atoms with Crippen molar-refractivity contribution in [1.29, 1.82) is 0 Å².